The van der Waals surface area contributed by atoms with Crippen LogP contribution in [0.3, 0.4) is 0 Å². The molecule has 1 rings (SSSR count). The second kappa shape index (κ2) is 7.52. The largest absolute Gasteiger partial charge is 0.396 e. The Hall–Kier alpha value is -0.900. The first-order chi connectivity index (χ1) is 8.60. The van der Waals surface area contributed by atoms with E-state index in [9.17, 15) is 0 Å². The molecule has 102 valence electrons. The predicted molar refractivity (Wildman–Crippen MR) is 76.8 cm³/mol. The van der Waals surface area contributed by atoms with Crippen molar-refractivity contribution in [1.29, 1.82) is 0 Å². The highest BCUT2D eigenvalue weighted by molar-refractivity contribution is 5.38. The zero-order valence-corrected chi connectivity index (χ0v) is 11.8. The number of hydrogen-bond donors (Lipinski definition) is 3. The average molecular weight is 250 g/mol. The van der Waals surface area contributed by atoms with E-state index in [-0.39, 0.29) is 12.6 Å². The van der Waals surface area contributed by atoms with Crippen LogP contribution in [0, 0.1) is 20.8 Å². The summed E-state index contributed by atoms with van der Waals surface area (Å²) >= 11 is 0. The molecule has 0 radical (unpaired) electrons. The molecule has 0 spiro atoms. The fourth-order valence-electron chi connectivity index (χ4n) is 2.19. The summed E-state index contributed by atoms with van der Waals surface area (Å²) in [5, 5.41) is 12.2. The van der Waals surface area contributed by atoms with Crippen LogP contribution >= 0.6 is 0 Å². The van der Waals surface area contributed by atoms with Gasteiger partial charge in [0.25, 0.3) is 0 Å². The molecule has 3 heteroatoms. The predicted octanol–water partition coefficient (Wildman–Crippen LogP) is 1.97. The van der Waals surface area contributed by atoms with Crippen LogP contribution in [0.4, 0.5) is 0 Å². The molecule has 0 aromatic heterocycles. The minimum Gasteiger partial charge on any atom is -0.396 e. The number of hydrogen-bond acceptors (Lipinski definition) is 3. The van der Waals surface area contributed by atoms with Gasteiger partial charge in [0.05, 0.1) is 0 Å². The number of aliphatic hydroxyl groups is 1. The molecule has 0 fully saturated rings. The summed E-state index contributed by atoms with van der Waals surface area (Å²) in [4.78, 5) is 0. The highest BCUT2D eigenvalue weighted by atomic mass is 16.2. The van der Waals surface area contributed by atoms with Crippen molar-refractivity contribution in [2.24, 2.45) is 5.73 Å². The summed E-state index contributed by atoms with van der Waals surface area (Å²) in [6.07, 6.45) is 1.83. The number of aryl methyl sites for hydroxylation is 3. The summed E-state index contributed by atoms with van der Waals surface area (Å²) in [5.41, 5.74) is 11.1. The van der Waals surface area contributed by atoms with Gasteiger partial charge in [0.2, 0.25) is 0 Å². The molecule has 0 amide bonds. The normalized spacial score (nSPS) is 12.7. The summed E-state index contributed by atoms with van der Waals surface area (Å²) in [7, 11) is 0. The molecule has 0 saturated carbocycles. The molecule has 0 aliphatic carbocycles. The molecule has 1 aromatic carbocycles. The first kappa shape index (κ1) is 15.2. The van der Waals surface area contributed by atoms with E-state index in [0.29, 0.717) is 6.54 Å². The van der Waals surface area contributed by atoms with Crippen molar-refractivity contribution >= 4 is 0 Å². The molecule has 1 aromatic rings. The topological polar surface area (TPSA) is 58.3 Å². The van der Waals surface area contributed by atoms with Crippen molar-refractivity contribution < 1.29 is 5.11 Å². The highest BCUT2D eigenvalue weighted by Gasteiger charge is 2.12. The van der Waals surface area contributed by atoms with Crippen molar-refractivity contribution in [2.75, 3.05) is 19.7 Å². The van der Waals surface area contributed by atoms with Gasteiger partial charge in [-0.25, -0.2) is 0 Å². The van der Waals surface area contributed by atoms with Crippen LogP contribution in [0.2, 0.25) is 0 Å². The van der Waals surface area contributed by atoms with E-state index in [2.05, 4.69) is 38.2 Å². The van der Waals surface area contributed by atoms with Crippen molar-refractivity contribution in [3.63, 3.8) is 0 Å². The lowest BCUT2D eigenvalue weighted by molar-refractivity contribution is 0.282. The molecular weight excluding hydrogens is 224 g/mol. The van der Waals surface area contributed by atoms with E-state index in [0.717, 1.165) is 19.4 Å². The lowest BCUT2D eigenvalue weighted by Crippen LogP contribution is -2.29. The van der Waals surface area contributed by atoms with E-state index in [1.807, 2.05) is 0 Å². The SMILES string of the molecule is Cc1cc(C)c(C(CN)NCCCCO)cc1C. The maximum absolute atomic E-state index is 8.76. The molecular formula is C15H26N2O. The van der Waals surface area contributed by atoms with Crippen LogP contribution < -0.4 is 11.1 Å². The maximum atomic E-state index is 8.76. The van der Waals surface area contributed by atoms with Gasteiger partial charge in [-0.15, -0.1) is 0 Å². The molecule has 1 atom stereocenters. The third-order valence-electron chi connectivity index (χ3n) is 3.47. The third kappa shape index (κ3) is 4.09. The Morgan fingerprint density at radius 3 is 2.39 bits per heavy atom. The summed E-state index contributed by atoms with van der Waals surface area (Å²) in [6, 6.07) is 4.67. The summed E-state index contributed by atoms with van der Waals surface area (Å²) < 4.78 is 0. The Balaban J connectivity index is 2.72. The number of aliphatic hydroxyl groups excluding tert-OH is 1. The molecule has 0 heterocycles. The number of unbranched alkanes of at least 4 members (excludes halogenated alkanes) is 1. The van der Waals surface area contributed by atoms with Crippen LogP contribution in [0.15, 0.2) is 12.1 Å². The van der Waals surface area contributed by atoms with E-state index in [1.54, 1.807) is 0 Å². The van der Waals surface area contributed by atoms with Gasteiger partial charge in [-0.05, 0) is 62.4 Å². The van der Waals surface area contributed by atoms with Crippen LogP contribution in [-0.4, -0.2) is 24.8 Å². The lowest BCUT2D eigenvalue weighted by atomic mass is 9.95. The Morgan fingerprint density at radius 2 is 1.78 bits per heavy atom. The summed E-state index contributed by atoms with van der Waals surface area (Å²) in [6.45, 7) is 8.17. The fourth-order valence-corrected chi connectivity index (χ4v) is 2.19. The summed E-state index contributed by atoms with van der Waals surface area (Å²) in [5.74, 6) is 0. The monoisotopic (exact) mass is 250 g/mol. The van der Waals surface area contributed by atoms with E-state index < -0.39 is 0 Å². The van der Waals surface area contributed by atoms with Gasteiger partial charge >= 0.3 is 0 Å². The van der Waals surface area contributed by atoms with Gasteiger partial charge in [-0.3, -0.25) is 0 Å². The van der Waals surface area contributed by atoms with Crippen LogP contribution in [0.5, 0.6) is 0 Å². The van der Waals surface area contributed by atoms with Crippen molar-refractivity contribution in [1.82, 2.24) is 5.32 Å². The molecule has 1 unspecified atom stereocenters. The Kier molecular flexibility index (Phi) is 6.33. The molecule has 3 nitrogen and oxygen atoms in total. The molecule has 0 bridgehead atoms. The zero-order chi connectivity index (χ0) is 13.5. The van der Waals surface area contributed by atoms with E-state index in [1.165, 1.54) is 22.3 Å². The Bertz CT molecular complexity index is 377. The zero-order valence-electron chi connectivity index (χ0n) is 11.8. The van der Waals surface area contributed by atoms with Crippen molar-refractivity contribution in [2.45, 2.75) is 39.7 Å². The Labute approximate surface area is 110 Å². The number of nitrogens with two attached hydrogens (primary N) is 1. The lowest BCUT2D eigenvalue weighted by Gasteiger charge is -2.21. The van der Waals surface area contributed by atoms with Gasteiger partial charge in [0.15, 0.2) is 0 Å². The van der Waals surface area contributed by atoms with Gasteiger partial charge in [-0.1, -0.05) is 12.1 Å². The highest BCUT2D eigenvalue weighted by Crippen LogP contribution is 2.21. The standard InChI is InChI=1S/C15H26N2O/c1-11-8-13(3)14(9-12(11)2)15(10-16)17-6-4-5-7-18/h8-9,15,17-18H,4-7,10,16H2,1-3H3. The number of benzene rings is 1. The third-order valence-corrected chi connectivity index (χ3v) is 3.47. The van der Waals surface area contributed by atoms with Gasteiger partial charge in [-0.2, -0.15) is 0 Å². The van der Waals surface area contributed by atoms with E-state index in [4.69, 9.17) is 10.8 Å². The Morgan fingerprint density at radius 1 is 1.11 bits per heavy atom. The molecule has 0 saturated heterocycles. The first-order valence-electron chi connectivity index (χ1n) is 6.72. The second-order valence-corrected chi connectivity index (χ2v) is 4.97. The number of nitrogens with one attached hydrogen (secondary N) is 1. The first-order valence-corrected chi connectivity index (χ1v) is 6.72. The quantitative estimate of drug-likeness (QED) is 0.649. The van der Waals surface area contributed by atoms with Gasteiger partial charge < -0.3 is 16.2 Å². The van der Waals surface area contributed by atoms with E-state index >= 15 is 0 Å². The van der Waals surface area contributed by atoms with Gasteiger partial charge in [0.1, 0.15) is 0 Å². The molecule has 18 heavy (non-hydrogen) atoms. The molecule has 0 aliphatic rings. The number of rotatable bonds is 7. The van der Waals surface area contributed by atoms with Crippen LogP contribution in [0.25, 0.3) is 0 Å². The minimum absolute atomic E-state index is 0.211. The smallest absolute Gasteiger partial charge is 0.0447 e. The van der Waals surface area contributed by atoms with Crippen molar-refractivity contribution in [3.8, 4) is 0 Å². The second-order valence-electron chi connectivity index (χ2n) is 4.97. The maximum Gasteiger partial charge on any atom is 0.0447 e. The fraction of sp³-hybridized carbons (Fsp3) is 0.600. The van der Waals surface area contributed by atoms with Crippen LogP contribution in [0.1, 0.15) is 41.1 Å². The minimum atomic E-state index is 0.211. The molecule has 0 aliphatic heterocycles. The molecule has 4 N–H and O–H groups in total. The van der Waals surface area contributed by atoms with Crippen molar-refractivity contribution in [3.05, 3.63) is 34.4 Å². The average Bonchev–Trinajstić information content (AvgIpc) is 2.35. The van der Waals surface area contributed by atoms with Gasteiger partial charge in [0, 0.05) is 19.2 Å². The van der Waals surface area contributed by atoms with Crippen LogP contribution in [-0.2, 0) is 0 Å².